The summed E-state index contributed by atoms with van der Waals surface area (Å²) in [6, 6.07) is 4.69. The van der Waals surface area contributed by atoms with E-state index < -0.39 is 108 Å². The molecule has 0 aliphatic carbocycles. The third-order valence-electron chi connectivity index (χ3n) is 7.00. The molecular formula is C31H15F13O. The van der Waals surface area contributed by atoms with E-state index in [9.17, 15) is 48.3 Å². The molecule has 14 heteroatoms. The van der Waals surface area contributed by atoms with Gasteiger partial charge in [-0.1, -0.05) is 31.5 Å². The van der Waals surface area contributed by atoms with Gasteiger partial charge < -0.3 is 4.74 Å². The molecule has 0 aromatic heterocycles. The van der Waals surface area contributed by atoms with Crippen molar-refractivity contribution in [3.63, 3.8) is 0 Å². The van der Waals surface area contributed by atoms with Crippen molar-refractivity contribution in [3.05, 3.63) is 112 Å². The van der Waals surface area contributed by atoms with Crippen LogP contribution >= 0.6 is 0 Å². The molecule has 5 rings (SSSR count). The monoisotopic (exact) mass is 650 g/mol. The molecule has 45 heavy (non-hydrogen) atoms. The van der Waals surface area contributed by atoms with E-state index in [1.165, 1.54) is 0 Å². The largest absolute Gasteiger partial charge is 0.429 e. The second-order valence-electron chi connectivity index (χ2n) is 9.90. The van der Waals surface area contributed by atoms with Gasteiger partial charge in [-0.05, 0) is 58.7 Å². The molecule has 0 saturated heterocycles. The van der Waals surface area contributed by atoms with Crippen LogP contribution in [0.15, 0.2) is 48.5 Å². The van der Waals surface area contributed by atoms with Crippen LogP contribution < -0.4 is 4.74 Å². The highest BCUT2D eigenvalue weighted by atomic mass is 19.4. The van der Waals surface area contributed by atoms with Crippen LogP contribution in [-0.4, -0.2) is 0 Å². The van der Waals surface area contributed by atoms with Crippen molar-refractivity contribution >= 4 is 21.5 Å². The van der Waals surface area contributed by atoms with E-state index >= 15 is 8.78 Å². The summed E-state index contributed by atoms with van der Waals surface area (Å²) in [5.74, 6) is -17.0. The van der Waals surface area contributed by atoms with Crippen LogP contribution in [0.1, 0.15) is 30.0 Å². The molecule has 0 spiro atoms. The van der Waals surface area contributed by atoms with Crippen LogP contribution in [0.5, 0.6) is 5.75 Å². The predicted octanol–water partition coefficient (Wildman–Crippen LogP) is 10.9. The summed E-state index contributed by atoms with van der Waals surface area (Å²) in [4.78, 5) is 0. The highest BCUT2D eigenvalue weighted by Gasteiger charge is 2.41. The third kappa shape index (κ3) is 5.39. The van der Waals surface area contributed by atoms with Gasteiger partial charge in [0, 0.05) is 5.56 Å². The molecule has 1 nitrogen and oxygen atoms in total. The van der Waals surface area contributed by atoms with Crippen LogP contribution in [0.3, 0.4) is 0 Å². The van der Waals surface area contributed by atoms with Gasteiger partial charge >= 0.3 is 12.3 Å². The Balaban J connectivity index is 1.59. The Labute approximate surface area is 244 Å². The molecule has 0 N–H and O–H groups in total. The second kappa shape index (κ2) is 11.1. The molecule has 0 aliphatic heterocycles. The van der Waals surface area contributed by atoms with Crippen molar-refractivity contribution < 1.29 is 61.8 Å². The van der Waals surface area contributed by atoms with Crippen LogP contribution in [-0.2, 0) is 18.7 Å². The first kappa shape index (κ1) is 31.9. The summed E-state index contributed by atoms with van der Waals surface area (Å²) in [7, 11) is 0. The average molecular weight is 650 g/mol. The third-order valence-corrected chi connectivity index (χ3v) is 7.00. The Kier molecular flexibility index (Phi) is 7.91. The fourth-order valence-corrected chi connectivity index (χ4v) is 4.95. The van der Waals surface area contributed by atoms with Gasteiger partial charge in [-0.3, -0.25) is 0 Å². The maximum absolute atomic E-state index is 15.5. The number of alkyl halides is 5. The predicted molar refractivity (Wildman–Crippen MR) is 137 cm³/mol. The lowest BCUT2D eigenvalue weighted by Gasteiger charge is -2.21. The van der Waals surface area contributed by atoms with E-state index in [0.717, 1.165) is 18.2 Å². The Morgan fingerprint density at radius 1 is 0.600 bits per heavy atom. The number of ether oxygens (including phenoxy) is 1. The SMILES string of the molecule is CCCc1ccc(C(F)(F)Oc2cc3ccc(-c4cc(F)c5c(F)c(C(F)(F)F)c(F)cc5c4)c(F)c3c(F)c2F)c(F)c1F. The lowest BCUT2D eigenvalue weighted by molar-refractivity contribution is -0.189. The van der Waals surface area contributed by atoms with E-state index in [0.29, 0.717) is 30.7 Å². The Hall–Kier alpha value is -4.49. The first-order chi connectivity index (χ1) is 21.0. The van der Waals surface area contributed by atoms with Crippen molar-refractivity contribution in [1.82, 2.24) is 0 Å². The maximum atomic E-state index is 15.5. The standard InChI is InChI=1S/C31H15F13O/c1-2-3-12-5-7-17(26(36)24(12)34)31(43,44)45-20-11-13-4-6-16(25(35)22(13)29(39)27(20)37)14-8-15-10-19(33)23(30(40,41)42)28(38)21(15)18(32)9-14/h4-11H,2-3H2,1H3. The van der Waals surface area contributed by atoms with Gasteiger partial charge in [0.15, 0.2) is 23.2 Å². The minimum absolute atomic E-state index is 0.0200. The van der Waals surface area contributed by atoms with Gasteiger partial charge in [0.1, 0.15) is 34.4 Å². The van der Waals surface area contributed by atoms with Crippen LogP contribution in [0.4, 0.5) is 57.1 Å². The number of rotatable bonds is 6. The Bertz CT molecular complexity index is 2000. The van der Waals surface area contributed by atoms with E-state index in [-0.39, 0.29) is 18.1 Å². The molecule has 0 unspecified atom stereocenters. The molecule has 0 atom stereocenters. The van der Waals surface area contributed by atoms with Crippen molar-refractivity contribution in [3.8, 4) is 16.9 Å². The number of aryl methyl sites for hydroxylation is 1. The number of halogens is 13. The van der Waals surface area contributed by atoms with Crippen molar-refractivity contribution in [2.24, 2.45) is 0 Å². The normalized spacial score (nSPS) is 12.4. The number of hydrogen-bond acceptors (Lipinski definition) is 1. The highest BCUT2D eigenvalue weighted by molar-refractivity contribution is 5.93. The fraction of sp³-hybridized carbons (Fsp3) is 0.161. The smallest absolute Gasteiger partial charge is 0.426 e. The van der Waals surface area contributed by atoms with Gasteiger partial charge in [-0.2, -0.15) is 26.3 Å². The lowest BCUT2D eigenvalue weighted by atomic mass is 9.96. The van der Waals surface area contributed by atoms with Gasteiger partial charge in [-0.15, -0.1) is 0 Å². The molecule has 236 valence electrons. The van der Waals surface area contributed by atoms with E-state index in [2.05, 4.69) is 4.74 Å². The average Bonchev–Trinajstić information content (AvgIpc) is 2.92. The minimum Gasteiger partial charge on any atom is -0.426 e. The van der Waals surface area contributed by atoms with Crippen LogP contribution in [0, 0.1) is 46.5 Å². The number of fused-ring (bicyclic) bond motifs is 2. The summed E-state index contributed by atoms with van der Waals surface area (Å²) >= 11 is 0. The minimum atomic E-state index is -5.52. The molecule has 0 radical (unpaired) electrons. The topological polar surface area (TPSA) is 9.23 Å². The van der Waals surface area contributed by atoms with E-state index in [1.807, 2.05) is 0 Å². The Morgan fingerprint density at radius 3 is 1.93 bits per heavy atom. The zero-order valence-corrected chi connectivity index (χ0v) is 22.4. The zero-order valence-electron chi connectivity index (χ0n) is 22.4. The van der Waals surface area contributed by atoms with Crippen LogP contribution in [0.2, 0.25) is 0 Å². The number of hydrogen-bond donors (Lipinski definition) is 0. The highest BCUT2D eigenvalue weighted by Crippen LogP contribution is 2.42. The summed E-state index contributed by atoms with van der Waals surface area (Å²) in [5, 5.41) is -3.81. The lowest BCUT2D eigenvalue weighted by Crippen LogP contribution is -2.25. The fourth-order valence-electron chi connectivity index (χ4n) is 4.95. The molecule has 0 saturated carbocycles. The molecule has 0 fully saturated rings. The van der Waals surface area contributed by atoms with E-state index in [1.54, 1.807) is 6.92 Å². The quantitative estimate of drug-likeness (QED) is 0.166. The number of benzene rings is 5. The van der Waals surface area contributed by atoms with Gasteiger partial charge in [0.05, 0.1) is 10.8 Å². The van der Waals surface area contributed by atoms with Crippen molar-refractivity contribution in [2.75, 3.05) is 0 Å². The summed E-state index contributed by atoms with van der Waals surface area (Å²) in [6.07, 6.45) is -9.88. The maximum Gasteiger partial charge on any atom is 0.429 e. The second-order valence-corrected chi connectivity index (χ2v) is 9.90. The van der Waals surface area contributed by atoms with Crippen LogP contribution in [0.25, 0.3) is 32.7 Å². The van der Waals surface area contributed by atoms with Gasteiger partial charge in [-0.25, -0.2) is 30.7 Å². The molecule has 0 aliphatic rings. The van der Waals surface area contributed by atoms with Crippen molar-refractivity contribution in [1.29, 1.82) is 0 Å². The molecule has 0 bridgehead atoms. The zero-order chi connectivity index (χ0) is 33.2. The summed E-state index contributed by atoms with van der Waals surface area (Å²) in [5.41, 5.74) is -5.48. The molecular weight excluding hydrogens is 635 g/mol. The molecule has 0 amide bonds. The molecule has 5 aromatic rings. The first-order valence-electron chi connectivity index (χ1n) is 12.8. The molecule has 5 aromatic carbocycles. The Morgan fingerprint density at radius 2 is 1.29 bits per heavy atom. The summed E-state index contributed by atoms with van der Waals surface area (Å²) in [6.45, 7) is 1.63. The van der Waals surface area contributed by atoms with Crippen molar-refractivity contribution in [2.45, 2.75) is 32.1 Å². The summed E-state index contributed by atoms with van der Waals surface area (Å²) < 4.78 is 191. The molecule has 0 heterocycles. The van der Waals surface area contributed by atoms with Gasteiger partial charge in [0.2, 0.25) is 5.82 Å². The first-order valence-corrected chi connectivity index (χ1v) is 12.8. The van der Waals surface area contributed by atoms with Gasteiger partial charge in [0.25, 0.3) is 0 Å². The van der Waals surface area contributed by atoms with E-state index in [4.69, 9.17) is 0 Å².